The second-order valence-corrected chi connectivity index (χ2v) is 7.98. The van der Waals surface area contributed by atoms with Crippen molar-refractivity contribution >= 4 is 5.97 Å². The first-order chi connectivity index (χ1) is 13.2. The van der Waals surface area contributed by atoms with Crippen LogP contribution in [0.25, 0.3) is 0 Å². The highest BCUT2D eigenvalue weighted by Crippen LogP contribution is 2.36. The Balaban J connectivity index is 2.20. The molecule has 164 valence electrons. The number of esters is 1. The second-order valence-electron chi connectivity index (χ2n) is 7.98. The average molecular weight is 404 g/mol. The number of hydrogen-bond donors (Lipinski definition) is 1. The summed E-state index contributed by atoms with van der Waals surface area (Å²) in [6.07, 6.45) is -1.66. The van der Waals surface area contributed by atoms with Gasteiger partial charge in [0.2, 0.25) is 0 Å². The fourth-order valence-electron chi connectivity index (χ4n) is 4.37. The maximum absolute atomic E-state index is 11.3. The number of rotatable bonds is 7. The lowest BCUT2D eigenvalue weighted by molar-refractivity contribution is -0.322. The number of hydrogen-bond acceptors (Lipinski definition) is 8. The Hall–Kier alpha value is -0.770. The van der Waals surface area contributed by atoms with E-state index in [4.69, 9.17) is 28.4 Å². The van der Waals surface area contributed by atoms with Gasteiger partial charge in [-0.2, -0.15) is 0 Å². The highest BCUT2D eigenvalue weighted by molar-refractivity contribution is 5.65. The monoisotopic (exact) mass is 403 g/mol. The van der Waals surface area contributed by atoms with E-state index in [0.717, 1.165) is 0 Å². The molecule has 2 saturated heterocycles. The fraction of sp³-hybridized carbons (Fsp3) is 0.950. The highest BCUT2D eigenvalue weighted by atomic mass is 16.7. The summed E-state index contributed by atoms with van der Waals surface area (Å²) in [6, 6.07) is -0.0722. The van der Waals surface area contributed by atoms with Gasteiger partial charge in [0.25, 0.3) is 0 Å². The van der Waals surface area contributed by atoms with Crippen LogP contribution in [0.4, 0.5) is 0 Å². The maximum atomic E-state index is 11.3. The number of carbonyl (C=O) groups is 1. The number of likely N-dealkylation sites (N-methyl/N-ethyl adjacent to an activating group) is 1. The Kier molecular flexibility index (Phi) is 8.66. The van der Waals surface area contributed by atoms with Crippen LogP contribution in [-0.4, -0.2) is 76.9 Å². The molecule has 2 aliphatic rings. The van der Waals surface area contributed by atoms with Gasteiger partial charge >= 0.3 is 5.97 Å². The van der Waals surface area contributed by atoms with Crippen LogP contribution in [0.3, 0.4) is 0 Å². The van der Waals surface area contributed by atoms with Gasteiger partial charge in [0, 0.05) is 38.9 Å². The van der Waals surface area contributed by atoms with Crippen molar-refractivity contribution in [3.8, 4) is 0 Å². The third kappa shape index (κ3) is 5.04. The van der Waals surface area contributed by atoms with Gasteiger partial charge in [-0.1, -0.05) is 20.8 Å². The molecule has 4 unspecified atom stereocenters. The van der Waals surface area contributed by atoms with Gasteiger partial charge in [-0.25, -0.2) is 0 Å². The quantitative estimate of drug-likeness (QED) is 0.641. The number of carbonyl (C=O) groups excluding carboxylic acids is 1. The molecule has 2 fully saturated rings. The molecule has 2 rings (SSSR count). The molecule has 8 heteroatoms. The maximum Gasteiger partial charge on any atom is 0.302 e. The van der Waals surface area contributed by atoms with Crippen LogP contribution >= 0.6 is 0 Å². The minimum atomic E-state index is -0.462. The van der Waals surface area contributed by atoms with E-state index in [2.05, 4.69) is 26.1 Å². The SMILES string of the molecule is CNC1[C@H](OC)OC(COC(C)=O)[C@@H](O[C@@H]2OC(C)[C@@H](C)C(OC)[C@@H]2C)[C@@H]1C. The lowest BCUT2D eigenvalue weighted by Crippen LogP contribution is -2.62. The average Bonchev–Trinajstić information content (AvgIpc) is 2.66. The van der Waals surface area contributed by atoms with Gasteiger partial charge in [0.15, 0.2) is 12.6 Å². The minimum absolute atomic E-state index is 0.00436. The molecule has 0 radical (unpaired) electrons. The molecule has 0 aromatic carbocycles. The van der Waals surface area contributed by atoms with E-state index >= 15 is 0 Å². The first-order valence-corrected chi connectivity index (χ1v) is 10.1. The molecule has 10 atom stereocenters. The Morgan fingerprint density at radius 1 is 0.929 bits per heavy atom. The van der Waals surface area contributed by atoms with Crippen LogP contribution in [0.15, 0.2) is 0 Å². The Labute approximate surface area is 168 Å². The summed E-state index contributed by atoms with van der Waals surface area (Å²) in [7, 11) is 5.19. The molecule has 0 aromatic rings. The summed E-state index contributed by atoms with van der Waals surface area (Å²) in [4.78, 5) is 11.3. The van der Waals surface area contributed by atoms with Crippen LogP contribution in [0, 0.1) is 17.8 Å². The van der Waals surface area contributed by atoms with Gasteiger partial charge < -0.3 is 33.7 Å². The van der Waals surface area contributed by atoms with E-state index in [0.29, 0.717) is 0 Å². The van der Waals surface area contributed by atoms with E-state index < -0.39 is 18.7 Å². The van der Waals surface area contributed by atoms with Gasteiger partial charge in [0.05, 0.1) is 24.4 Å². The van der Waals surface area contributed by atoms with Crippen LogP contribution in [0.2, 0.25) is 0 Å². The van der Waals surface area contributed by atoms with E-state index in [1.165, 1.54) is 6.92 Å². The van der Waals surface area contributed by atoms with Crippen molar-refractivity contribution in [2.45, 2.75) is 77.7 Å². The van der Waals surface area contributed by atoms with Gasteiger partial charge in [-0.3, -0.25) is 4.79 Å². The summed E-state index contributed by atoms with van der Waals surface area (Å²) < 4.78 is 35.2. The Morgan fingerprint density at radius 2 is 1.61 bits per heavy atom. The molecule has 8 nitrogen and oxygen atoms in total. The van der Waals surface area contributed by atoms with Gasteiger partial charge in [-0.05, 0) is 14.0 Å². The zero-order chi connectivity index (χ0) is 21.0. The van der Waals surface area contributed by atoms with Crippen molar-refractivity contribution in [3.05, 3.63) is 0 Å². The summed E-state index contributed by atoms with van der Waals surface area (Å²) in [5.41, 5.74) is 0. The topological polar surface area (TPSA) is 84.5 Å². The van der Waals surface area contributed by atoms with Crippen LogP contribution in [-0.2, 0) is 33.2 Å². The third-order valence-corrected chi connectivity index (χ3v) is 6.19. The summed E-state index contributed by atoms with van der Waals surface area (Å²) in [5, 5.41) is 3.25. The first-order valence-electron chi connectivity index (χ1n) is 10.1. The van der Waals surface area contributed by atoms with Gasteiger partial charge in [0.1, 0.15) is 12.7 Å². The molecule has 28 heavy (non-hydrogen) atoms. The molecule has 0 aliphatic carbocycles. The molecule has 0 amide bonds. The number of nitrogens with one attached hydrogen (secondary N) is 1. The van der Waals surface area contributed by atoms with E-state index in [9.17, 15) is 4.79 Å². The van der Waals surface area contributed by atoms with Crippen molar-refractivity contribution in [1.29, 1.82) is 0 Å². The fourth-order valence-corrected chi connectivity index (χ4v) is 4.37. The molecular formula is C20H37NO7. The molecule has 0 spiro atoms. The van der Waals surface area contributed by atoms with Crippen molar-refractivity contribution in [2.24, 2.45) is 17.8 Å². The second kappa shape index (κ2) is 10.3. The summed E-state index contributed by atoms with van der Waals surface area (Å²) in [5.74, 6) is -0.00907. The normalized spacial score (nSPS) is 44.3. The molecular weight excluding hydrogens is 366 g/mol. The highest BCUT2D eigenvalue weighted by Gasteiger charge is 2.48. The van der Waals surface area contributed by atoms with Crippen LogP contribution in [0.1, 0.15) is 34.6 Å². The zero-order valence-electron chi connectivity index (χ0n) is 18.3. The lowest BCUT2D eigenvalue weighted by Gasteiger charge is -2.48. The first kappa shape index (κ1) is 23.5. The van der Waals surface area contributed by atoms with Crippen molar-refractivity contribution < 1.29 is 33.2 Å². The predicted octanol–water partition coefficient (Wildman–Crippen LogP) is 1.56. The molecule has 2 heterocycles. The van der Waals surface area contributed by atoms with E-state index in [1.54, 1.807) is 14.2 Å². The standard InChI is InChI=1S/C20H37NO7/c1-10-13(4)26-19(12(3)17(10)23-7)28-18-11(2)16(21-6)20(24-8)27-15(18)9-25-14(5)22/h10-13,15-21H,9H2,1-8H3/t10-,11-,12+,13?,15?,16?,17?,18+,19+,20-/m1/s1. The van der Waals surface area contributed by atoms with Crippen LogP contribution < -0.4 is 5.32 Å². The predicted molar refractivity (Wildman–Crippen MR) is 103 cm³/mol. The molecule has 2 aliphatic heterocycles. The molecule has 0 aromatic heterocycles. The van der Waals surface area contributed by atoms with Crippen molar-refractivity contribution in [3.63, 3.8) is 0 Å². The third-order valence-electron chi connectivity index (χ3n) is 6.19. The molecule has 0 bridgehead atoms. The zero-order valence-corrected chi connectivity index (χ0v) is 18.3. The molecule has 0 saturated carbocycles. The van der Waals surface area contributed by atoms with E-state index in [1.807, 2.05) is 14.0 Å². The summed E-state index contributed by atoms with van der Waals surface area (Å²) >= 11 is 0. The van der Waals surface area contributed by atoms with Crippen molar-refractivity contribution in [1.82, 2.24) is 5.32 Å². The lowest BCUT2D eigenvalue weighted by atomic mass is 9.85. The largest absolute Gasteiger partial charge is 0.463 e. The Bertz CT molecular complexity index is 505. The minimum Gasteiger partial charge on any atom is -0.463 e. The molecule has 1 N–H and O–H groups in total. The van der Waals surface area contributed by atoms with E-state index in [-0.39, 0.29) is 54.7 Å². The van der Waals surface area contributed by atoms with Crippen LogP contribution in [0.5, 0.6) is 0 Å². The number of ether oxygens (including phenoxy) is 6. The summed E-state index contributed by atoms with van der Waals surface area (Å²) in [6.45, 7) is 9.79. The Morgan fingerprint density at radius 3 is 2.14 bits per heavy atom. The number of methoxy groups -OCH3 is 2. The smallest absolute Gasteiger partial charge is 0.302 e. The van der Waals surface area contributed by atoms with Crippen molar-refractivity contribution in [2.75, 3.05) is 27.9 Å². The van der Waals surface area contributed by atoms with Gasteiger partial charge in [-0.15, -0.1) is 0 Å².